The maximum Gasteiger partial charge on any atom is 0.407 e. The van der Waals surface area contributed by atoms with Crippen LogP contribution in [-0.2, 0) is 15.8 Å². The number of hydrogen-bond donors (Lipinski definition) is 2. The molecule has 1 rings (SSSR count). The van der Waals surface area contributed by atoms with Gasteiger partial charge < -0.3 is 14.1 Å². The Balaban J connectivity index is 3.16. The Bertz CT molecular complexity index is 708. The first-order chi connectivity index (χ1) is 16.6. The van der Waals surface area contributed by atoms with E-state index in [1.54, 1.807) is 4.90 Å². The highest BCUT2D eigenvalue weighted by molar-refractivity contribution is 7.90. The molecule has 6 nitrogen and oxygen atoms in total. The van der Waals surface area contributed by atoms with Crippen LogP contribution in [0.2, 0.25) is 18.1 Å². The summed E-state index contributed by atoms with van der Waals surface area (Å²) in [6.45, 7) is 28.4. The molecule has 8 heteroatoms. The van der Waals surface area contributed by atoms with Crippen LogP contribution in [0.3, 0.4) is 0 Å². The third-order valence-corrected chi connectivity index (χ3v) is 14.3. The quantitative estimate of drug-likeness (QED) is 0.167. The van der Waals surface area contributed by atoms with Crippen LogP contribution in [0.4, 0.5) is 4.79 Å². The predicted molar refractivity (Wildman–Crippen MR) is 161 cm³/mol. The standard InChI is InChI=1S/C29H60N2O4SSi/c1-21(2)19-25(27(3,4)5)31(26(32)33)23(20-35-37(12,13)29(9,10)11)15-14-16-24(22-17-18-22)30-36(34)28(6,7)8/h21-25,30H,14-20H2,1-13H3,(H,32,33)/t23-,24+,25?,36+/m0/s1. The highest BCUT2D eigenvalue weighted by Crippen LogP contribution is 2.39. The summed E-state index contributed by atoms with van der Waals surface area (Å²) in [5.74, 6) is 0.968. The molecular weight excluding hydrogens is 500 g/mol. The van der Waals surface area contributed by atoms with Crippen LogP contribution in [-0.4, -0.2) is 58.4 Å². The molecule has 0 aromatic carbocycles. The maximum atomic E-state index is 12.8. The van der Waals surface area contributed by atoms with Gasteiger partial charge in [-0.1, -0.05) is 55.4 Å². The van der Waals surface area contributed by atoms with Crippen molar-refractivity contribution < 1.29 is 18.9 Å². The number of carboxylic acid groups (broad SMARTS) is 1. The van der Waals surface area contributed by atoms with Crippen LogP contribution in [0.1, 0.15) is 115 Å². The van der Waals surface area contributed by atoms with E-state index in [4.69, 9.17) is 4.43 Å². The van der Waals surface area contributed by atoms with Gasteiger partial charge in [0.25, 0.3) is 0 Å². The van der Waals surface area contributed by atoms with E-state index in [2.05, 4.69) is 73.2 Å². The molecule has 2 N–H and O–H groups in total. The second-order valence-corrected chi connectivity index (χ2v) is 22.1. The molecule has 0 aromatic rings. The van der Waals surface area contributed by atoms with Crippen molar-refractivity contribution in [3.63, 3.8) is 0 Å². The summed E-state index contributed by atoms with van der Waals surface area (Å²) in [5.41, 5.74) is -0.181. The first kappa shape index (κ1) is 34.7. The lowest BCUT2D eigenvalue weighted by molar-refractivity contribution is 0.0237. The van der Waals surface area contributed by atoms with Gasteiger partial charge in [-0.05, 0) is 94.7 Å². The molecule has 0 saturated heterocycles. The van der Waals surface area contributed by atoms with E-state index < -0.39 is 25.8 Å². The zero-order chi connectivity index (χ0) is 29.0. The summed E-state index contributed by atoms with van der Waals surface area (Å²) in [6, 6.07) is -0.0827. The lowest BCUT2D eigenvalue weighted by Crippen LogP contribution is -2.55. The van der Waals surface area contributed by atoms with Crippen LogP contribution < -0.4 is 4.72 Å². The van der Waals surface area contributed by atoms with Gasteiger partial charge in [0.2, 0.25) is 0 Å². The van der Waals surface area contributed by atoms with Crippen molar-refractivity contribution >= 4 is 25.8 Å². The molecule has 0 heterocycles. The summed E-state index contributed by atoms with van der Waals surface area (Å²) in [7, 11) is -2.04. The molecular formula is C29H60N2O4SSi. The van der Waals surface area contributed by atoms with Gasteiger partial charge in [0.05, 0.1) is 18.7 Å². The largest absolute Gasteiger partial charge is 0.598 e. The molecule has 1 amide bonds. The minimum absolute atomic E-state index is 0.0605. The SMILES string of the molecule is CC(C)CC(N(C(=O)O)[C@@H](CCC[C@@H](N[S@+]([O-])C(C)(C)C)C1CC1)CO[Si](C)(C)C(C)(C)C)C(C)(C)C. The summed E-state index contributed by atoms with van der Waals surface area (Å²) in [5, 5.41) is 10.6. The summed E-state index contributed by atoms with van der Waals surface area (Å²) < 4.78 is 22.6. The van der Waals surface area contributed by atoms with Crippen LogP contribution in [0.25, 0.3) is 0 Å². The van der Waals surface area contributed by atoms with E-state index in [1.165, 1.54) is 12.8 Å². The lowest BCUT2D eigenvalue weighted by Gasteiger charge is -2.45. The lowest BCUT2D eigenvalue weighted by atomic mass is 9.80. The Hall–Kier alpha value is -0.283. The Morgan fingerprint density at radius 3 is 2.00 bits per heavy atom. The molecule has 0 radical (unpaired) electrons. The van der Waals surface area contributed by atoms with Crippen molar-refractivity contribution in [2.45, 2.75) is 156 Å². The summed E-state index contributed by atoms with van der Waals surface area (Å²) in [6.07, 6.45) is 4.86. The Labute approximate surface area is 233 Å². The van der Waals surface area contributed by atoms with Crippen molar-refractivity contribution in [1.82, 2.24) is 9.62 Å². The van der Waals surface area contributed by atoms with E-state index in [9.17, 15) is 14.5 Å². The second kappa shape index (κ2) is 13.4. The van der Waals surface area contributed by atoms with Crippen molar-refractivity contribution in [1.29, 1.82) is 0 Å². The van der Waals surface area contributed by atoms with Crippen molar-refractivity contribution in [2.75, 3.05) is 6.61 Å². The molecule has 1 aliphatic rings. The first-order valence-electron chi connectivity index (χ1n) is 14.4. The fourth-order valence-electron chi connectivity index (χ4n) is 4.48. The molecule has 1 aliphatic carbocycles. The number of nitrogens with zero attached hydrogens (tertiary/aromatic N) is 1. The number of carbonyl (C=O) groups is 1. The fraction of sp³-hybridized carbons (Fsp3) is 0.966. The zero-order valence-electron chi connectivity index (χ0n) is 26.4. The highest BCUT2D eigenvalue weighted by atomic mass is 32.2. The maximum absolute atomic E-state index is 12.8. The second-order valence-electron chi connectivity index (χ2n) is 15.3. The number of amides is 1. The normalized spacial score (nSPS) is 19.0. The first-order valence-corrected chi connectivity index (χ1v) is 18.5. The third-order valence-electron chi connectivity index (χ3n) is 8.15. The Morgan fingerprint density at radius 2 is 1.62 bits per heavy atom. The third kappa shape index (κ3) is 11.4. The van der Waals surface area contributed by atoms with Gasteiger partial charge in [0, 0.05) is 17.4 Å². The topological polar surface area (TPSA) is 84.9 Å². The molecule has 1 unspecified atom stereocenters. The minimum atomic E-state index is -2.04. The zero-order valence-corrected chi connectivity index (χ0v) is 28.2. The molecule has 0 aliphatic heterocycles. The van der Waals surface area contributed by atoms with Crippen molar-refractivity contribution in [3.05, 3.63) is 0 Å². The van der Waals surface area contributed by atoms with Gasteiger partial charge in [0.15, 0.2) is 8.32 Å². The number of nitrogens with one attached hydrogen (secondary N) is 1. The monoisotopic (exact) mass is 560 g/mol. The van der Waals surface area contributed by atoms with Crippen LogP contribution >= 0.6 is 0 Å². The van der Waals surface area contributed by atoms with E-state index in [0.29, 0.717) is 18.4 Å². The van der Waals surface area contributed by atoms with E-state index in [0.717, 1.165) is 25.7 Å². The fourth-order valence-corrected chi connectivity index (χ4v) is 6.46. The molecule has 0 bridgehead atoms. The van der Waals surface area contributed by atoms with Gasteiger partial charge in [-0.3, -0.25) is 4.90 Å². The molecule has 1 saturated carbocycles. The van der Waals surface area contributed by atoms with E-state index >= 15 is 0 Å². The predicted octanol–water partition coefficient (Wildman–Crippen LogP) is 7.82. The highest BCUT2D eigenvalue weighted by Gasteiger charge is 2.42. The number of hydrogen-bond acceptors (Lipinski definition) is 4. The van der Waals surface area contributed by atoms with Gasteiger partial charge in [-0.15, -0.1) is 4.72 Å². The van der Waals surface area contributed by atoms with Crippen LogP contribution in [0.5, 0.6) is 0 Å². The van der Waals surface area contributed by atoms with Gasteiger partial charge in [-0.2, -0.15) is 0 Å². The number of rotatable bonds is 14. The summed E-state index contributed by atoms with van der Waals surface area (Å²) in [4.78, 5) is 14.6. The molecule has 220 valence electrons. The van der Waals surface area contributed by atoms with E-state index in [-0.39, 0.29) is 33.3 Å². The molecule has 0 aromatic heterocycles. The molecule has 0 spiro atoms. The van der Waals surface area contributed by atoms with Gasteiger partial charge in [-0.25, -0.2) is 4.79 Å². The van der Waals surface area contributed by atoms with Crippen LogP contribution in [0.15, 0.2) is 0 Å². The van der Waals surface area contributed by atoms with Crippen molar-refractivity contribution in [2.24, 2.45) is 17.3 Å². The Morgan fingerprint density at radius 1 is 1.08 bits per heavy atom. The van der Waals surface area contributed by atoms with Gasteiger partial charge >= 0.3 is 6.09 Å². The van der Waals surface area contributed by atoms with Gasteiger partial charge in [0.1, 0.15) is 4.75 Å². The van der Waals surface area contributed by atoms with Crippen molar-refractivity contribution in [3.8, 4) is 0 Å². The summed E-state index contributed by atoms with van der Waals surface area (Å²) >= 11 is -1.10. The average Bonchev–Trinajstić information content (AvgIpc) is 3.52. The van der Waals surface area contributed by atoms with Crippen LogP contribution in [0, 0.1) is 17.3 Å². The molecule has 4 atom stereocenters. The molecule has 37 heavy (non-hydrogen) atoms. The Kier molecular flexibility index (Phi) is 12.6. The smallest absolute Gasteiger partial charge is 0.407 e. The van der Waals surface area contributed by atoms with E-state index in [1.807, 2.05) is 20.8 Å². The average molecular weight is 561 g/mol. The minimum Gasteiger partial charge on any atom is -0.598 e. The molecule has 1 fully saturated rings.